The van der Waals surface area contributed by atoms with Crippen molar-refractivity contribution in [3.8, 4) is 5.75 Å². The predicted octanol–water partition coefficient (Wildman–Crippen LogP) is 1.07. The van der Waals surface area contributed by atoms with Gasteiger partial charge < -0.3 is 20.5 Å². The number of esters is 1. The van der Waals surface area contributed by atoms with Gasteiger partial charge in [0, 0.05) is 13.1 Å². The Labute approximate surface area is 142 Å². The number of hydrogen-bond acceptors (Lipinski definition) is 5. The van der Waals surface area contributed by atoms with E-state index in [2.05, 4.69) is 0 Å². The smallest absolute Gasteiger partial charge is 0.342 e. The van der Waals surface area contributed by atoms with Crippen LogP contribution in [0.25, 0.3) is 0 Å². The van der Waals surface area contributed by atoms with E-state index in [9.17, 15) is 23.9 Å². The number of carbonyl (C=O) groups is 3. The first kappa shape index (κ1) is 18.0. The zero-order valence-electron chi connectivity index (χ0n) is 12.6. The molecule has 130 valence electrons. The molecule has 0 bridgehead atoms. The summed E-state index contributed by atoms with van der Waals surface area (Å²) < 4.78 is 18.1. The molecule has 1 aromatic rings. The molecule has 1 atom stereocenters. The molecular formula is C15H16ClFN2O5. The minimum Gasteiger partial charge on any atom is -0.505 e. The second-order valence-corrected chi connectivity index (χ2v) is 5.85. The van der Waals surface area contributed by atoms with Crippen molar-refractivity contribution in [2.45, 2.75) is 12.8 Å². The third kappa shape index (κ3) is 4.14. The first-order valence-electron chi connectivity index (χ1n) is 7.21. The Balaban J connectivity index is 1.96. The maximum absolute atomic E-state index is 13.3. The maximum atomic E-state index is 13.3. The highest BCUT2D eigenvalue weighted by Crippen LogP contribution is 2.29. The summed E-state index contributed by atoms with van der Waals surface area (Å²) in [4.78, 5) is 36.5. The minimum absolute atomic E-state index is 0.169. The molecule has 0 spiro atoms. The first-order valence-corrected chi connectivity index (χ1v) is 7.59. The highest BCUT2D eigenvalue weighted by atomic mass is 35.5. The average Bonchev–Trinajstić information content (AvgIpc) is 2.55. The van der Waals surface area contributed by atoms with Gasteiger partial charge in [0.05, 0.1) is 10.9 Å². The quantitative estimate of drug-likeness (QED) is 0.782. The SMILES string of the molecule is NC(=O)[C@@H]1CCCN(C(=O)COC(=O)c2cc(F)cc(Cl)c2O)C1. The Morgan fingerprint density at radius 2 is 2.12 bits per heavy atom. The maximum Gasteiger partial charge on any atom is 0.342 e. The zero-order chi connectivity index (χ0) is 17.9. The molecule has 0 unspecified atom stereocenters. The van der Waals surface area contributed by atoms with Crippen LogP contribution in [0.1, 0.15) is 23.2 Å². The fraction of sp³-hybridized carbons (Fsp3) is 0.400. The van der Waals surface area contributed by atoms with E-state index in [0.29, 0.717) is 19.4 Å². The summed E-state index contributed by atoms with van der Waals surface area (Å²) in [7, 11) is 0. The Morgan fingerprint density at radius 3 is 2.79 bits per heavy atom. The molecule has 7 nitrogen and oxygen atoms in total. The Kier molecular flexibility index (Phi) is 5.61. The van der Waals surface area contributed by atoms with Gasteiger partial charge in [0.1, 0.15) is 17.1 Å². The average molecular weight is 359 g/mol. The second kappa shape index (κ2) is 7.48. The summed E-state index contributed by atoms with van der Waals surface area (Å²) in [6.45, 7) is -0.00213. The fourth-order valence-electron chi connectivity index (χ4n) is 2.45. The van der Waals surface area contributed by atoms with Crippen molar-refractivity contribution in [2.75, 3.05) is 19.7 Å². The Morgan fingerprint density at radius 1 is 1.42 bits per heavy atom. The minimum atomic E-state index is -1.08. The van der Waals surface area contributed by atoms with Crippen LogP contribution in [-0.2, 0) is 14.3 Å². The van der Waals surface area contributed by atoms with Crippen LogP contribution in [0.4, 0.5) is 4.39 Å². The van der Waals surface area contributed by atoms with E-state index in [1.54, 1.807) is 0 Å². The number of halogens is 2. The fourth-order valence-corrected chi connectivity index (χ4v) is 2.66. The van der Waals surface area contributed by atoms with Crippen molar-refractivity contribution in [3.05, 3.63) is 28.5 Å². The normalized spacial score (nSPS) is 17.4. The van der Waals surface area contributed by atoms with Crippen LogP contribution in [0.2, 0.25) is 5.02 Å². The number of aromatic hydroxyl groups is 1. The molecule has 0 aliphatic carbocycles. The summed E-state index contributed by atoms with van der Waals surface area (Å²) in [5, 5.41) is 9.32. The molecule has 0 radical (unpaired) electrons. The van der Waals surface area contributed by atoms with E-state index >= 15 is 0 Å². The van der Waals surface area contributed by atoms with Gasteiger partial charge in [-0.3, -0.25) is 9.59 Å². The van der Waals surface area contributed by atoms with Crippen LogP contribution in [-0.4, -0.2) is 47.5 Å². The van der Waals surface area contributed by atoms with Gasteiger partial charge in [-0.2, -0.15) is 0 Å². The molecule has 3 N–H and O–H groups in total. The first-order chi connectivity index (χ1) is 11.3. The number of primary amides is 1. The van der Waals surface area contributed by atoms with Gasteiger partial charge in [0.25, 0.3) is 5.91 Å². The number of ether oxygens (including phenoxy) is 1. The number of carbonyl (C=O) groups excluding carboxylic acids is 3. The van der Waals surface area contributed by atoms with E-state index in [4.69, 9.17) is 22.1 Å². The lowest BCUT2D eigenvalue weighted by Gasteiger charge is -2.31. The van der Waals surface area contributed by atoms with E-state index in [0.717, 1.165) is 12.1 Å². The number of phenols is 1. The van der Waals surface area contributed by atoms with Gasteiger partial charge in [0.15, 0.2) is 6.61 Å². The summed E-state index contributed by atoms with van der Waals surface area (Å²) in [6, 6.07) is 1.61. The molecule has 0 aromatic heterocycles. The Bertz CT molecular complexity index is 682. The molecule has 2 amide bonds. The number of likely N-dealkylation sites (tertiary alicyclic amines) is 1. The van der Waals surface area contributed by atoms with E-state index < -0.39 is 47.4 Å². The van der Waals surface area contributed by atoms with Crippen molar-refractivity contribution in [1.29, 1.82) is 0 Å². The monoisotopic (exact) mass is 358 g/mol. The molecule has 1 fully saturated rings. The number of hydrogen-bond donors (Lipinski definition) is 2. The highest BCUT2D eigenvalue weighted by Gasteiger charge is 2.28. The number of phenolic OH excluding ortho intramolecular Hbond substituents is 1. The van der Waals surface area contributed by atoms with Crippen LogP contribution in [0.3, 0.4) is 0 Å². The summed E-state index contributed by atoms with van der Waals surface area (Å²) in [6.07, 6.45) is 1.22. The summed E-state index contributed by atoms with van der Waals surface area (Å²) in [5.74, 6) is -3.94. The molecule has 1 heterocycles. The number of nitrogens with zero attached hydrogens (tertiary/aromatic N) is 1. The van der Waals surface area contributed by atoms with Crippen LogP contribution in [0, 0.1) is 11.7 Å². The molecule has 24 heavy (non-hydrogen) atoms. The van der Waals surface area contributed by atoms with Crippen molar-refractivity contribution < 1.29 is 28.6 Å². The van der Waals surface area contributed by atoms with Gasteiger partial charge in [-0.1, -0.05) is 11.6 Å². The third-order valence-corrected chi connectivity index (χ3v) is 4.04. The number of nitrogens with two attached hydrogens (primary N) is 1. The topological polar surface area (TPSA) is 110 Å². The lowest BCUT2D eigenvalue weighted by Crippen LogP contribution is -2.45. The second-order valence-electron chi connectivity index (χ2n) is 5.44. The molecular weight excluding hydrogens is 343 g/mol. The van der Waals surface area contributed by atoms with Gasteiger partial charge in [-0.15, -0.1) is 0 Å². The van der Waals surface area contributed by atoms with Crippen molar-refractivity contribution >= 4 is 29.4 Å². The molecule has 1 aliphatic rings. The summed E-state index contributed by atoms with van der Waals surface area (Å²) >= 11 is 5.58. The van der Waals surface area contributed by atoms with Crippen molar-refractivity contribution in [3.63, 3.8) is 0 Å². The zero-order valence-corrected chi connectivity index (χ0v) is 13.4. The van der Waals surface area contributed by atoms with Crippen molar-refractivity contribution in [2.24, 2.45) is 11.7 Å². The lowest BCUT2D eigenvalue weighted by molar-refractivity contribution is -0.137. The number of benzene rings is 1. The van der Waals surface area contributed by atoms with Gasteiger partial charge >= 0.3 is 5.97 Å². The molecule has 0 saturated carbocycles. The molecule has 2 rings (SSSR count). The Hall–Kier alpha value is -2.35. The third-order valence-electron chi connectivity index (χ3n) is 3.75. The van der Waals surface area contributed by atoms with Crippen LogP contribution in [0.5, 0.6) is 5.75 Å². The van der Waals surface area contributed by atoms with E-state index in [1.807, 2.05) is 0 Å². The van der Waals surface area contributed by atoms with Gasteiger partial charge in [-0.25, -0.2) is 9.18 Å². The number of amides is 2. The van der Waals surface area contributed by atoms with Gasteiger partial charge in [0.2, 0.25) is 5.91 Å². The standard InChI is InChI=1S/C15H16ClFN2O5/c16-11-5-9(17)4-10(13(11)21)15(23)24-7-12(20)19-3-1-2-8(6-19)14(18)22/h4-5,8,21H,1-3,6-7H2,(H2,18,22)/t8-/m1/s1. The van der Waals surface area contributed by atoms with E-state index in [-0.39, 0.29) is 11.6 Å². The molecule has 1 aliphatic heterocycles. The van der Waals surface area contributed by atoms with Gasteiger partial charge in [-0.05, 0) is 25.0 Å². The van der Waals surface area contributed by atoms with Crippen LogP contribution in [0.15, 0.2) is 12.1 Å². The largest absolute Gasteiger partial charge is 0.505 e. The number of rotatable bonds is 4. The lowest BCUT2D eigenvalue weighted by atomic mass is 9.97. The summed E-state index contributed by atoms with van der Waals surface area (Å²) in [5.41, 5.74) is 4.76. The van der Waals surface area contributed by atoms with E-state index in [1.165, 1.54) is 4.90 Å². The van der Waals surface area contributed by atoms with Crippen molar-refractivity contribution in [1.82, 2.24) is 4.90 Å². The molecule has 9 heteroatoms. The molecule has 1 aromatic carbocycles. The number of piperidine rings is 1. The van der Waals surface area contributed by atoms with Crippen LogP contribution >= 0.6 is 11.6 Å². The van der Waals surface area contributed by atoms with Crippen LogP contribution < -0.4 is 5.73 Å². The highest BCUT2D eigenvalue weighted by molar-refractivity contribution is 6.32. The predicted molar refractivity (Wildman–Crippen MR) is 81.9 cm³/mol. The molecule has 1 saturated heterocycles.